The lowest BCUT2D eigenvalue weighted by Gasteiger charge is -2.60. The Kier molecular flexibility index (Phi) is 6.58. The predicted molar refractivity (Wildman–Crippen MR) is 122 cm³/mol. The molecule has 0 saturated heterocycles. The van der Waals surface area contributed by atoms with Gasteiger partial charge in [-0.2, -0.15) is 0 Å². The number of nitrogens with zero attached hydrogens (tertiary/aromatic N) is 3. The summed E-state index contributed by atoms with van der Waals surface area (Å²) in [5, 5.41) is 24.4. The molecule has 4 saturated carbocycles. The highest BCUT2D eigenvalue weighted by Crippen LogP contribution is 2.65. The molecule has 8 heteroatoms. The minimum Gasteiger partial charge on any atom is -0.461 e. The van der Waals surface area contributed by atoms with E-state index in [1.807, 2.05) is 13.8 Å². The van der Waals surface area contributed by atoms with Crippen molar-refractivity contribution >= 4 is 11.8 Å². The Morgan fingerprint density at radius 3 is 2.58 bits per heavy atom. The summed E-state index contributed by atoms with van der Waals surface area (Å²) < 4.78 is 6.03. The summed E-state index contributed by atoms with van der Waals surface area (Å²) in [5.74, 6) is 0.326. The topological polar surface area (TPSA) is 133 Å². The third kappa shape index (κ3) is 3.88. The summed E-state index contributed by atoms with van der Waals surface area (Å²) >= 11 is 0. The second-order valence-electron chi connectivity index (χ2n) is 11.8. The van der Waals surface area contributed by atoms with Gasteiger partial charge in [0.15, 0.2) is 0 Å². The minimum absolute atomic E-state index is 0.0879. The molecule has 184 valence electrons. The number of fused-ring (bicyclic) bond motifs is 5. The molecule has 0 unspecified atom stereocenters. The summed E-state index contributed by atoms with van der Waals surface area (Å²) in [7, 11) is 0. The van der Waals surface area contributed by atoms with Crippen molar-refractivity contribution in [2.45, 2.75) is 103 Å². The van der Waals surface area contributed by atoms with Gasteiger partial charge in [-0.15, -0.1) is 0 Å². The summed E-state index contributed by atoms with van der Waals surface area (Å²) in [6.45, 7) is 8.20. The van der Waals surface area contributed by atoms with Gasteiger partial charge in [-0.05, 0) is 73.1 Å². The zero-order valence-electron chi connectivity index (χ0n) is 20.3. The molecule has 0 heterocycles. The largest absolute Gasteiger partial charge is 0.461 e. The number of esters is 1. The Labute approximate surface area is 196 Å². The molecule has 4 aliphatic carbocycles. The minimum atomic E-state index is -0.817. The van der Waals surface area contributed by atoms with Gasteiger partial charge >= 0.3 is 5.97 Å². The number of aliphatic hydroxyl groups excluding tert-OH is 2. The zero-order valence-corrected chi connectivity index (χ0v) is 20.3. The van der Waals surface area contributed by atoms with E-state index >= 15 is 0 Å². The van der Waals surface area contributed by atoms with Gasteiger partial charge in [0.1, 0.15) is 17.9 Å². The van der Waals surface area contributed by atoms with Crippen molar-refractivity contribution in [1.82, 2.24) is 0 Å². The number of carbonyl (C=O) groups is 2. The van der Waals surface area contributed by atoms with Crippen LogP contribution in [-0.2, 0) is 14.3 Å². The summed E-state index contributed by atoms with van der Waals surface area (Å²) in [6, 6.07) is -0.815. The van der Waals surface area contributed by atoms with Crippen molar-refractivity contribution in [1.29, 1.82) is 0 Å². The first kappa shape index (κ1) is 24.5. The van der Waals surface area contributed by atoms with Crippen molar-refractivity contribution in [3.63, 3.8) is 0 Å². The van der Waals surface area contributed by atoms with Gasteiger partial charge in [-0.25, -0.2) is 0 Å². The van der Waals surface area contributed by atoms with Gasteiger partial charge in [0.2, 0.25) is 0 Å². The first-order chi connectivity index (χ1) is 15.6. The second kappa shape index (κ2) is 8.86. The Morgan fingerprint density at radius 2 is 1.91 bits per heavy atom. The van der Waals surface area contributed by atoms with Gasteiger partial charge in [0.25, 0.3) is 0 Å². The number of hydrogen-bond acceptors (Lipinski definition) is 6. The average Bonchev–Trinajstić information content (AvgIpc) is 3.09. The number of ketones is 1. The molecule has 0 aliphatic heterocycles. The average molecular weight is 462 g/mol. The molecule has 0 aromatic rings. The molecule has 0 aromatic heterocycles. The first-order valence-electron chi connectivity index (χ1n) is 12.7. The number of hydrogen-bond donors (Lipinski definition) is 2. The quantitative estimate of drug-likeness (QED) is 0.274. The Bertz CT molecular complexity index is 844. The highest BCUT2D eigenvalue weighted by Gasteiger charge is 2.63. The standard InChI is InChI=1S/C25H39N3O5/c1-5-13(2)22(27-28-26)23(32)33-21-7-6-15-14-10-18(29)17-11-19(30)20(31)12-25(17,4)16(14)8-9-24(15,21)3/h13-17,19-22,30-31H,5-12H2,1-4H3/t13-,14-,15-,16-,17+,19-,20+,21-,22-,24-,25+/m0/s1. The maximum absolute atomic E-state index is 13.2. The molecule has 2 N–H and O–H groups in total. The van der Waals surface area contributed by atoms with Crippen LogP contribution in [0.15, 0.2) is 5.11 Å². The molecular formula is C25H39N3O5. The molecule has 0 bridgehead atoms. The SMILES string of the molecule is CC[C@H](C)[C@H](N=[N+]=[N-])C(=O)O[C@H]1CC[C@H]2[C@@H]3CC(=O)[C@H]4C[C@H](O)[C@H](O)C[C@]4(C)[C@H]3CC[C@]12C. The number of azide groups is 1. The van der Waals surface area contributed by atoms with E-state index in [9.17, 15) is 19.8 Å². The van der Waals surface area contributed by atoms with Crippen LogP contribution in [0.1, 0.15) is 79.1 Å². The highest BCUT2D eigenvalue weighted by molar-refractivity contribution is 5.83. The number of rotatable bonds is 5. The van der Waals surface area contributed by atoms with Crippen LogP contribution >= 0.6 is 0 Å². The van der Waals surface area contributed by atoms with Crippen molar-refractivity contribution in [2.75, 3.05) is 0 Å². The molecule has 0 aromatic carbocycles. The lowest BCUT2D eigenvalue weighted by Crippen LogP contribution is -2.59. The molecule has 0 spiro atoms. The maximum atomic E-state index is 13.2. The van der Waals surface area contributed by atoms with Crippen LogP contribution in [0, 0.1) is 40.4 Å². The van der Waals surface area contributed by atoms with Crippen LogP contribution in [0.25, 0.3) is 10.4 Å². The fourth-order valence-corrected chi connectivity index (χ4v) is 8.10. The van der Waals surface area contributed by atoms with Crippen LogP contribution in [-0.4, -0.2) is 46.3 Å². The van der Waals surface area contributed by atoms with Gasteiger partial charge in [0, 0.05) is 22.7 Å². The van der Waals surface area contributed by atoms with E-state index < -0.39 is 24.2 Å². The van der Waals surface area contributed by atoms with Crippen molar-refractivity contribution in [2.24, 2.45) is 45.5 Å². The predicted octanol–water partition coefficient (Wildman–Crippen LogP) is 4.18. The van der Waals surface area contributed by atoms with E-state index in [0.717, 1.165) is 32.1 Å². The number of carbonyl (C=O) groups excluding carboxylic acids is 2. The first-order valence-corrected chi connectivity index (χ1v) is 12.7. The van der Waals surface area contributed by atoms with E-state index in [2.05, 4.69) is 23.9 Å². The van der Waals surface area contributed by atoms with Crippen LogP contribution in [0.2, 0.25) is 0 Å². The van der Waals surface area contributed by atoms with E-state index in [0.29, 0.717) is 25.2 Å². The van der Waals surface area contributed by atoms with Crippen molar-refractivity contribution in [3.8, 4) is 0 Å². The molecule has 33 heavy (non-hydrogen) atoms. The van der Waals surface area contributed by atoms with E-state index in [1.165, 1.54) is 0 Å². The number of ether oxygens (including phenoxy) is 1. The van der Waals surface area contributed by atoms with E-state index in [1.54, 1.807) is 0 Å². The summed E-state index contributed by atoms with van der Waals surface area (Å²) in [5.41, 5.74) is 8.42. The monoisotopic (exact) mass is 461 g/mol. The molecule has 8 nitrogen and oxygen atoms in total. The highest BCUT2D eigenvalue weighted by atomic mass is 16.5. The van der Waals surface area contributed by atoms with Gasteiger partial charge in [-0.3, -0.25) is 9.59 Å². The van der Waals surface area contributed by atoms with Crippen LogP contribution in [0.5, 0.6) is 0 Å². The molecule has 0 amide bonds. The lowest BCUT2D eigenvalue weighted by molar-refractivity contribution is -0.181. The molecule has 4 fully saturated rings. The van der Waals surface area contributed by atoms with Crippen molar-refractivity contribution < 1.29 is 24.5 Å². The van der Waals surface area contributed by atoms with Crippen molar-refractivity contribution in [3.05, 3.63) is 10.4 Å². The van der Waals surface area contributed by atoms with E-state index in [-0.39, 0.29) is 46.4 Å². The summed E-state index contributed by atoms with van der Waals surface area (Å²) in [4.78, 5) is 29.1. The third-order valence-corrected chi connectivity index (χ3v) is 10.2. The fraction of sp³-hybridized carbons (Fsp3) is 0.920. The Hall–Kier alpha value is -1.63. The Morgan fingerprint density at radius 1 is 1.21 bits per heavy atom. The van der Waals surface area contributed by atoms with Crippen LogP contribution in [0.4, 0.5) is 0 Å². The zero-order chi connectivity index (χ0) is 24.1. The normalized spacial score (nSPS) is 46.2. The van der Waals surface area contributed by atoms with Crippen LogP contribution in [0.3, 0.4) is 0 Å². The third-order valence-electron chi connectivity index (χ3n) is 10.2. The molecular weight excluding hydrogens is 422 g/mol. The van der Waals surface area contributed by atoms with Gasteiger partial charge in [-0.1, -0.05) is 39.2 Å². The second-order valence-corrected chi connectivity index (χ2v) is 11.8. The van der Waals surface area contributed by atoms with Gasteiger partial charge < -0.3 is 14.9 Å². The lowest BCUT2D eigenvalue weighted by atomic mass is 9.44. The maximum Gasteiger partial charge on any atom is 0.315 e. The molecule has 11 atom stereocenters. The fourth-order valence-electron chi connectivity index (χ4n) is 8.10. The molecule has 4 rings (SSSR count). The van der Waals surface area contributed by atoms with Crippen LogP contribution < -0.4 is 0 Å². The summed E-state index contributed by atoms with van der Waals surface area (Å²) in [6.07, 6.45) is 3.73. The van der Waals surface area contributed by atoms with E-state index in [4.69, 9.17) is 10.3 Å². The van der Waals surface area contributed by atoms with Gasteiger partial charge in [0.05, 0.1) is 12.2 Å². The molecule has 0 radical (unpaired) electrons. The Balaban J connectivity index is 1.54. The number of aliphatic hydroxyl groups is 2. The smallest absolute Gasteiger partial charge is 0.315 e. The molecule has 4 aliphatic rings. The number of Topliss-reactive ketones (excluding diaryl/α,β-unsaturated/α-hetero) is 1.